The highest BCUT2D eigenvalue weighted by Gasteiger charge is 2.42. The second kappa shape index (κ2) is 7.41. The molecule has 2 atom stereocenters. The molecule has 0 heterocycles. The maximum Gasteiger partial charge on any atom is 0.396 e. The zero-order chi connectivity index (χ0) is 19.1. The van der Waals surface area contributed by atoms with Crippen LogP contribution in [-0.4, -0.2) is 12.0 Å². The second-order valence-corrected chi connectivity index (χ2v) is 7.74. The normalized spacial score (nSPS) is 17.8. The van der Waals surface area contributed by atoms with Crippen LogP contribution >= 0.6 is 34.8 Å². The Balaban J connectivity index is 1.89. The number of hydrogen-bond acceptors (Lipinski definition) is 1. The van der Waals surface area contributed by atoms with Gasteiger partial charge in [-0.1, -0.05) is 35.3 Å². The van der Waals surface area contributed by atoms with Crippen LogP contribution in [0.3, 0.4) is 0 Å². The van der Waals surface area contributed by atoms with Gasteiger partial charge in [-0.25, -0.2) is 0 Å². The minimum atomic E-state index is -4.60. The molecule has 0 aromatic heterocycles. The average molecular weight is 422 g/mol. The third-order valence-corrected chi connectivity index (χ3v) is 5.43. The van der Waals surface area contributed by atoms with Crippen molar-refractivity contribution in [1.82, 2.24) is 0 Å². The first-order valence-corrected chi connectivity index (χ1v) is 9.17. The number of fused-ring (bicyclic) bond motifs is 1. The highest BCUT2D eigenvalue weighted by Crippen LogP contribution is 2.41. The number of carbonyl (C=O) groups excluding carboxylic acids is 1. The smallest absolute Gasteiger partial charge is 0.294 e. The molecule has 138 valence electrons. The van der Waals surface area contributed by atoms with Gasteiger partial charge in [0.25, 0.3) is 0 Å². The Kier molecular flexibility index (Phi) is 5.57. The summed E-state index contributed by atoms with van der Waals surface area (Å²) in [5.74, 6) is -2.55. The van der Waals surface area contributed by atoms with Crippen LogP contribution in [0.25, 0.3) is 0 Å². The van der Waals surface area contributed by atoms with Gasteiger partial charge in [-0.15, -0.1) is 11.6 Å². The van der Waals surface area contributed by atoms with Crippen LogP contribution in [-0.2, 0) is 6.42 Å². The molecule has 0 N–H and O–H groups in total. The largest absolute Gasteiger partial charge is 0.396 e. The summed E-state index contributed by atoms with van der Waals surface area (Å²) in [6, 6.07) is 8.66. The number of carbonyl (C=O) groups is 1. The van der Waals surface area contributed by atoms with Crippen molar-refractivity contribution in [2.75, 3.05) is 0 Å². The van der Waals surface area contributed by atoms with Gasteiger partial charge in [-0.2, -0.15) is 13.2 Å². The van der Waals surface area contributed by atoms with E-state index < -0.39 is 24.3 Å². The Morgan fingerprint density at radius 3 is 2.38 bits per heavy atom. The van der Waals surface area contributed by atoms with Crippen molar-refractivity contribution in [1.29, 1.82) is 0 Å². The SMILES string of the molecule is O=C(C[C@@H](c1cc(Cl)cc(Cl)c1)C(F)(F)F)c1ccc2c(c1)CCC2Cl. The summed E-state index contributed by atoms with van der Waals surface area (Å²) in [7, 11) is 0. The van der Waals surface area contributed by atoms with Gasteiger partial charge in [-0.05, 0) is 53.8 Å². The molecule has 0 saturated carbocycles. The Morgan fingerprint density at radius 1 is 1.12 bits per heavy atom. The Morgan fingerprint density at radius 2 is 1.77 bits per heavy atom. The first kappa shape index (κ1) is 19.5. The summed E-state index contributed by atoms with van der Waals surface area (Å²) in [5, 5.41) is 0.0884. The first-order chi connectivity index (χ1) is 12.1. The van der Waals surface area contributed by atoms with Crippen molar-refractivity contribution in [3.8, 4) is 0 Å². The van der Waals surface area contributed by atoms with Gasteiger partial charge in [-0.3, -0.25) is 4.79 Å². The third kappa shape index (κ3) is 4.19. The van der Waals surface area contributed by atoms with E-state index in [9.17, 15) is 18.0 Å². The van der Waals surface area contributed by atoms with Crippen LogP contribution < -0.4 is 0 Å². The maximum atomic E-state index is 13.6. The van der Waals surface area contributed by atoms with Crippen LogP contribution in [0.2, 0.25) is 10.0 Å². The third-order valence-electron chi connectivity index (χ3n) is 4.54. The molecule has 0 amide bonds. The fourth-order valence-electron chi connectivity index (χ4n) is 3.24. The number of aryl methyl sites for hydroxylation is 1. The van der Waals surface area contributed by atoms with Gasteiger partial charge < -0.3 is 0 Å². The van der Waals surface area contributed by atoms with Crippen molar-refractivity contribution >= 4 is 40.6 Å². The van der Waals surface area contributed by atoms with Gasteiger partial charge in [0, 0.05) is 22.0 Å². The lowest BCUT2D eigenvalue weighted by molar-refractivity contribution is -0.149. The monoisotopic (exact) mass is 420 g/mol. The Labute approximate surface area is 164 Å². The van der Waals surface area contributed by atoms with Crippen molar-refractivity contribution in [2.45, 2.75) is 36.7 Å². The van der Waals surface area contributed by atoms with E-state index in [0.29, 0.717) is 0 Å². The summed E-state index contributed by atoms with van der Waals surface area (Å²) in [6.45, 7) is 0. The molecule has 2 aromatic rings. The molecule has 0 radical (unpaired) electrons. The highest BCUT2D eigenvalue weighted by atomic mass is 35.5. The zero-order valence-electron chi connectivity index (χ0n) is 13.4. The van der Waals surface area contributed by atoms with E-state index in [1.807, 2.05) is 0 Å². The fraction of sp³-hybridized carbons (Fsp3) is 0.316. The lowest BCUT2D eigenvalue weighted by atomic mass is 9.90. The van der Waals surface area contributed by atoms with Crippen molar-refractivity contribution in [3.05, 3.63) is 68.7 Å². The standard InChI is InChI=1S/C19H14Cl3F3O/c20-13-6-12(7-14(21)8-13)16(19(23,24)25)9-18(26)11-1-3-15-10(5-11)2-4-17(15)22/h1,3,5-8,16-17H,2,4,9H2/t16-,17?/m0/s1. The van der Waals surface area contributed by atoms with Crippen LogP contribution in [0.1, 0.15) is 51.2 Å². The molecule has 2 aromatic carbocycles. The van der Waals surface area contributed by atoms with Gasteiger partial charge in [0.05, 0.1) is 11.3 Å². The van der Waals surface area contributed by atoms with Gasteiger partial charge >= 0.3 is 6.18 Å². The molecule has 0 spiro atoms. The second-order valence-electron chi connectivity index (χ2n) is 6.34. The van der Waals surface area contributed by atoms with Gasteiger partial charge in [0.2, 0.25) is 0 Å². The Hall–Kier alpha value is -1.23. The van der Waals surface area contributed by atoms with Gasteiger partial charge in [0.1, 0.15) is 0 Å². The minimum absolute atomic E-state index is 0.0971. The molecule has 0 bridgehead atoms. The van der Waals surface area contributed by atoms with Crippen molar-refractivity contribution in [3.63, 3.8) is 0 Å². The molecule has 0 saturated heterocycles. The number of benzene rings is 2. The summed E-state index contributed by atoms with van der Waals surface area (Å²) < 4.78 is 40.7. The molecule has 1 unspecified atom stereocenters. The first-order valence-electron chi connectivity index (χ1n) is 7.98. The van der Waals surface area contributed by atoms with E-state index in [1.54, 1.807) is 18.2 Å². The predicted molar refractivity (Wildman–Crippen MR) is 97.6 cm³/mol. The maximum absolute atomic E-state index is 13.6. The molecule has 1 aliphatic rings. The lowest BCUT2D eigenvalue weighted by Crippen LogP contribution is -2.24. The summed E-state index contributed by atoms with van der Waals surface area (Å²) in [6.07, 6.45) is -3.82. The number of Topliss-reactive ketones (excluding diaryl/α,β-unsaturated/α-hetero) is 1. The van der Waals surface area contributed by atoms with E-state index in [1.165, 1.54) is 18.2 Å². The van der Waals surface area contributed by atoms with Crippen LogP contribution in [0.5, 0.6) is 0 Å². The molecule has 1 nitrogen and oxygen atoms in total. The quantitative estimate of drug-likeness (QED) is 0.379. The summed E-state index contributed by atoms with van der Waals surface area (Å²) >= 11 is 17.8. The van der Waals surface area contributed by atoms with E-state index in [-0.39, 0.29) is 26.5 Å². The number of rotatable bonds is 4. The minimum Gasteiger partial charge on any atom is -0.294 e. The lowest BCUT2D eigenvalue weighted by Gasteiger charge is -2.21. The number of halogens is 6. The molecule has 0 aliphatic heterocycles. The fourth-order valence-corrected chi connectivity index (χ4v) is 4.11. The van der Waals surface area contributed by atoms with E-state index >= 15 is 0 Å². The molecule has 7 heteroatoms. The molecule has 26 heavy (non-hydrogen) atoms. The number of alkyl halides is 4. The Bertz CT molecular complexity index is 828. The predicted octanol–water partition coefficient (Wildman–Crippen LogP) is 7.14. The molecular weight excluding hydrogens is 408 g/mol. The van der Waals surface area contributed by atoms with Gasteiger partial charge in [0.15, 0.2) is 5.78 Å². The van der Waals surface area contributed by atoms with E-state index in [2.05, 4.69) is 0 Å². The number of ketones is 1. The van der Waals surface area contributed by atoms with E-state index in [0.717, 1.165) is 24.0 Å². The summed E-state index contributed by atoms with van der Waals surface area (Å²) in [5.41, 5.74) is 2.00. The number of hydrogen-bond donors (Lipinski definition) is 0. The average Bonchev–Trinajstić information content (AvgIpc) is 2.91. The van der Waals surface area contributed by atoms with Crippen LogP contribution in [0, 0.1) is 0 Å². The molecular formula is C19H14Cl3F3O. The van der Waals surface area contributed by atoms with Crippen molar-refractivity contribution < 1.29 is 18.0 Å². The highest BCUT2D eigenvalue weighted by molar-refractivity contribution is 6.34. The molecule has 0 fully saturated rings. The molecule has 3 rings (SSSR count). The topological polar surface area (TPSA) is 17.1 Å². The zero-order valence-corrected chi connectivity index (χ0v) is 15.7. The van der Waals surface area contributed by atoms with E-state index in [4.69, 9.17) is 34.8 Å². The molecule has 1 aliphatic carbocycles. The van der Waals surface area contributed by atoms with Crippen LogP contribution in [0.4, 0.5) is 13.2 Å². The van der Waals surface area contributed by atoms with Crippen molar-refractivity contribution in [2.24, 2.45) is 0 Å². The van der Waals surface area contributed by atoms with Crippen LogP contribution in [0.15, 0.2) is 36.4 Å². The summed E-state index contributed by atoms with van der Waals surface area (Å²) in [4.78, 5) is 12.5.